The molecule has 0 aromatic carbocycles. The lowest BCUT2D eigenvalue weighted by molar-refractivity contribution is 0.0670. The van der Waals surface area contributed by atoms with Gasteiger partial charge in [-0.05, 0) is 33.1 Å². The lowest BCUT2D eigenvalue weighted by Gasteiger charge is -2.25. The van der Waals surface area contributed by atoms with E-state index < -0.39 is 5.60 Å². The van der Waals surface area contributed by atoms with Crippen LogP contribution in [0.4, 0.5) is 0 Å². The van der Waals surface area contributed by atoms with Gasteiger partial charge in [0.2, 0.25) is 0 Å². The largest absolute Gasteiger partial charge is 0.389 e. The van der Waals surface area contributed by atoms with Gasteiger partial charge in [-0.2, -0.15) is 0 Å². The van der Waals surface area contributed by atoms with Crippen molar-refractivity contribution in [3.05, 3.63) is 0 Å². The summed E-state index contributed by atoms with van der Waals surface area (Å²) >= 11 is 0. The van der Waals surface area contributed by atoms with Crippen LogP contribution in [0.2, 0.25) is 0 Å². The Kier molecular flexibility index (Phi) is 2.34. The molecule has 2 N–H and O–H groups in total. The molecular weight excluding hydrogens is 166 g/mol. The molecule has 0 aromatic heterocycles. The van der Waals surface area contributed by atoms with Gasteiger partial charge in [-0.15, -0.1) is 0 Å². The molecule has 2 fully saturated rings. The third-order valence-corrected chi connectivity index (χ3v) is 2.90. The highest BCUT2D eigenvalue weighted by atomic mass is 16.5. The first-order chi connectivity index (χ1) is 6.04. The molecule has 3 nitrogen and oxygen atoms in total. The van der Waals surface area contributed by atoms with Gasteiger partial charge < -0.3 is 15.2 Å². The second-order valence-corrected chi connectivity index (χ2v) is 4.91. The van der Waals surface area contributed by atoms with Crippen molar-refractivity contribution < 1.29 is 9.84 Å². The summed E-state index contributed by atoms with van der Waals surface area (Å²) in [6.07, 6.45) is 4.44. The minimum atomic E-state index is -0.609. The zero-order valence-electron chi connectivity index (χ0n) is 8.42. The first-order valence-electron chi connectivity index (χ1n) is 5.16. The highest BCUT2D eigenvalue weighted by molar-refractivity contribution is 4.94. The Bertz CT molecular complexity index is 188. The predicted molar refractivity (Wildman–Crippen MR) is 50.6 cm³/mol. The number of aliphatic hydroxyl groups is 1. The van der Waals surface area contributed by atoms with Crippen molar-refractivity contribution in [2.75, 3.05) is 6.54 Å². The van der Waals surface area contributed by atoms with Crippen LogP contribution in [0.15, 0.2) is 0 Å². The van der Waals surface area contributed by atoms with E-state index in [1.165, 1.54) is 12.8 Å². The van der Waals surface area contributed by atoms with Gasteiger partial charge in [0.15, 0.2) is 0 Å². The molecule has 3 unspecified atom stereocenters. The highest BCUT2D eigenvalue weighted by Gasteiger charge is 2.40. The topological polar surface area (TPSA) is 41.5 Å². The Morgan fingerprint density at radius 1 is 1.46 bits per heavy atom. The monoisotopic (exact) mass is 185 g/mol. The molecule has 2 aliphatic rings. The Labute approximate surface area is 79.5 Å². The average molecular weight is 185 g/mol. The van der Waals surface area contributed by atoms with Crippen molar-refractivity contribution in [3.8, 4) is 0 Å². The van der Waals surface area contributed by atoms with E-state index in [-0.39, 0.29) is 0 Å². The molecule has 0 spiro atoms. The summed E-state index contributed by atoms with van der Waals surface area (Å²) in [6, 6.07) is 0.477. The number of rotatable bonds is 3. The van der Waals surface area contributed by atoms with Crippen LogP contribution in [0.1, 0.15) is 33.1 Å². The van der Waals surface area contributed by atoms with E-state index in [0.717, 1.165) is 6.42 Å². The van der Waals surface area contributed by atoms with Crippen LogP contribution in [0.5, 0.6) is 0 Å². The normalized spacial score (nSPS) is 38.5. The fourth-order valence-corrected chi connectivity index (χ4v) is 2.23. The maximum absolute atomic E-state index is 9.54. The van der Waals surface area contributed by atoms with Gasteiger partial charge in [-0.3, -0.25) is 0 Å². The zero-order chi connectivity index (χ0) is 9.47. The van der Waals surface area contributed by atoms with Crippen LogP contribution in [0.25, 0.3) is 0 Å². The molecule has 3 heteroatoms. The number of hydrogen-bond donors (Lipinski definition) is 2. The summed E-state index contributed by atoms with van der Waals surface area (Å²) in [4.78, 5) is 0. The van der Waals surface area contributed by atoms with Crippen LogP contribution in [-0.4, -0.2) is 35.5 Å². The van der Waals surface area contributed by atoms with Crippen LogP contribution in [0, 0.1) is 0 Å². The fraction of sp³-hybridized carbons (Fsp3) is 1.00. The van der Waals surface area contributed by atoms with Crippen molar-refractivity contribution in [1.29, 1.82) is 0 Å². The lowest BCUT2D eigenvalue weighted by atomic mass is 9.95. The number of ether oxygens (including phenoxy) is 1. The Balaban J connectivity index is 1.78. The van der Waals surface area contributed by atoms with Gasteiger partial charge in [0.1, 0.15) is 0 Å². The highest BCUT2D eigenvalue weighted by Crippen LogP contribution is 2.34. The van der Waals surface area contributed by atoms with E-state index in [1.54, 1.807) is 0 Å². The Hall–Kier alpha value is -0.120. The summed E-state index contributed by atoms with van der Waals surface area (Å²) in [6.45, 7) is 4.31. The van der Waals surface area contributed by atoms with E-state index >= 15 is 0 Å². The number of nitrogens with one attached hydrogen (secondary N) is 1. The van der Waals surface area contributed by atoms with Gasteiger partial charge in [0.25, 0.3) is 0 Å². The molecule has 2 aliphatic heterocycles. The third-order valence-electron chi connectivity index (χ3n) is 2.90. The summed E-state index contributed by atoms with van der Waals surface area (Å²) in [5, 5.41) is 12.9. The molecule has 0 saturated carbocycles. The quantitative estimate of drug-likeness (QED) is 0.679. The SMILES string of the molecule is CC(C)(O)CNC1CC2CCC1O2. The van der Waals surface area contributed by atoms with Crippen molar-refractivity contribution in [3.63, 3.8) is 0 Å². The third kappa shape index (κ3) is 2.22. The van der Waals surface area contributed by atoms with Gasteiger partial charge in [0, 0.05) is 12.6 Å². The molecular formula is C10H19NO2. The van der Waals surface area contributed by atoms with Crippen molar-refractivity contribution >= 4 is 0 Å². The van der Waals surface area contributed by atoms with Crippen LogP contribution in [0.3, 0.4) is 0 Å². The van der Waals surface area contributed by atoms with E-state index in [0.29, 0.717) is 24.8 Å². The molecule has 0 radical (unpaired) electrons. The molecule has 76 valence electrons. The summed E-state index contributed by atoms with van der Waals surface area (Å²) in [5.74, 6) is 0. The lowest BCUT2D eigenvalue weighted by Crippen LogP contribution is -2.44. The maximum atomic E-state index is 9.54. The smallest absolute Gasteiger partial charge is 0.0733 e. The molecule has 2 heterocycles. The first kappa shape index (κ1) is 9.44. The van der Waals surface area contributed by atoms with Gasteiger partial charge in [-0.25, -0.2) is 0 Å². The molecule has 0 amide bonds. The van der Waals surface area contributed by atoms with Gasteiger partial charge >= 0.3 is 0 Å². The summed E-state index contributed by atoms with van der Waals surface area (Å²) < 4.78 is 5.71. The minimum Gasteiger partial charge on any atom is -0.389 e. The van der Waals surface area contributed by atoms with Crippen LogP contribution < -0.4 is 5.32 Å². The van der Waals surface area contributed by atoms with E-state index in [9.17, 15) is 5.11 Å². The molecule has 2 bridgehead atoms. The molecule has 0 aliphatic carbocycles. The molecule has 2 rings (SSSR count). The van der Waals surface area contributed by atoms with Crippen LogP contribution >= 0.6 is 0 Å². The number of fused-ring (bicyclic) bond motifs is 2. The van der Waals surface area contributed by atoms with Gasteiger partial charge in [0.05, 0.1) is 17.8 Å². The second-order valence-electron chi connectivity index (χ2n) is 4.91. The molecule has 3 atom stereocenters. The minimum absolute atomic E-state index is 0.410. The van der Waals surface area contributed by atoms with Crippen molar-refractivity contribution in [2.45, 2.75) is 57.0 Å². The second kappa shape index (κ2) is 3.23. The van der Waals surface area contributed by atoms with Crippen molar-refractivity contribution in [2.24, 2.45) is 0 Å². The van der Waals surface area contributed by atoms with Crippen molar-refractivity contribution in [1.82, 2.24) is 5.32 Å². The van der Waals surface area contributed by atoms with E-state index in [1.807, 2.05) is 13.8 Å². The maximum Gasteiger partial charge on any atom is 0.0733 e. The standard InChI is InChI=1S/C10H19NO2/c1-10(2,12)6-11-8-5-7-3-4-9(8)13-7/h7-9,11-12H,3-6H2,1-2H3. The van der Waals surface area contributed by atoms with Gasteiger partial charge in [-0.1, -0.05) is 0 Å². The van der Waals surface area contributed by atoms with E-state index in [2.05, 4.69) is 5.32 Å². The molecule has 2 saturated heterocycles. The number of hydrogen-bond acceptors (Lipinski definition) is 3. The average Bonchev–Trinajstić information content (AvgIpc) is 2.58. The Morgan fingerprint density at radius 2 is 2.23 bits per heavy atom. The summed E-state index contributed by atoms with van der Waals surface area (Å²) in [7, 11) is 0. The van der Waals surface area contributed by atoms with Crippen LogP contribution in [-0.2, 0) is 4.74 Å². The zero-order valence-corrected chi connectivity index (χ0v) is 8.42. The molecule has 13 heavy (non-hydrogen) atoms. The van der Waals surface area contributed by atoms with E-state index in [4.69, 9.17) is 4.74 Å². The Morgan fingerprint density at radius 3 is 2.69 bits per heavy atom. The molecule has 0 aromatic rings. The summed E-state index contributed by atoms with van der Waals surface area (Å²) in [5.41, 5.74) is -0.609. The fourth-order valence-electron chi connectivity index (χ4n) is 2.23. The predicted octanol–water partition coefficient (Wildman–Crippen LogP) is 0.667. The first-order valence-corrected chi connectivity index (χ1v) is 5.16.